The first-order valence-corrected chi connectivity index (χ1v) is 13.0. The fraction of sp³-hybridized carbons (Fsp3) is 0.300. The van der Waals surface area contributed by atoms with Gasteiger partial charge in [0, 0.05) is 11.1 Å². The van der Waals surface area contributed by atoms with Crippen LogP contribution in [0.3, 0.4) is 0 Å². The van der Waals surface area contributed by atoms with Crippen molar-refractivity contribution in [2.24, 2.45) is 0 Å². The van der Waals surface area contributed by atoms with Gasteiger partial charge in [0.15, 0.2) is 16.8 Å². The van der Waals surface area contributed by atoms with E-state index in [1.807, 2.05) is 43.3 Å². The Morgan fingerprint density at radius 2 is 1.60 bits per heavy atom. The second kappa shape index (κ2) is 10.2. The molecule has 4 nitrogen and oxygen atoms in total. The zero-order valence-corrected chi connectivity index (χ0v) is 22.2. The van der Waals surface area contributed by atoms with Gasteiger partial charge in [-0.1, -0.05) is 106 Å². The molecular weight excluding hydrogens is 450 g/mol. The number of nitrogens with zero attached hydrogens (tertiary/aromatic N) is 3. The van der Waals surface area contributed by atoms with Gasteiger partial charge in [0.2, 0.25) is 0 Å². The maximum absolute atomic E-state index is 13.2. The predicted octanol–water partition coefficient (Wildman–Crippen LogP) is 7.47. The third-order valence-corrected chi connectivity index (χ3v) is 7.34. The van der Waals surface area contributed by atoms with Crippen LogP contribution in [0.1, 0.15) is 61.7 Å². The van der Waals surface area contributed by atoms with Gasteiger partial charge in [-0.05, 0) is 48.4 Å². The number of aromatic nitrogens is 3. The molecule has 0 aliphatic carbocycles. The quantitative estimate of drug-likeness (QED) is 0.202. The molecule has 0 amide bonds. The van der Waals surface area contributed by atoms with Crippen molar-refractivity contribution >= 4 is 17.5 Å². The van der Waals surface area contributed by atoms with Crippen LogP contribution in [0.15, 0.2) is 78.0 Å². The van der Waals surface area contributed by atoms with Crippen LogP contribution in [-0.2, 0) is 11.8 Å². The highest BCUT2D eigenvalue weighted by molar-refractivity contribution is 8.00. The maximum atomic E-state index is 13.2. The number of ketones is 1. The normalized spacial score (nSPS) is 12.5. The molecule has 4 aromatic rings. The van der Waals surface area contributed by atoms with Gasteiger partial charge < -0.3 is 0 Å². The number of para-hydroxylation sites is 1. The lowest BCUT2D eigenvalue weighted by molar-refractivity contribution is 0.0994. The fourth-order valence-corrected chi connectivity index (χ4v) is 4.97. The van der Waals surface area contributed by atoms with E-state index in [9.17, 15) is 4.79 Å². The number of hydrogen-bond acceptors (Lipinski definition) is 4. The molecule has 0 aliphatic rings. The van der Waals surface area contributed by atoms with Gasteiger partial charge in [0.05, 0.1) is 10.9 Å². The van der Waals surface area contributed by atoms with Gasteiger partial charge >= 0.3 is 0 Å². The van der Waals surface area contributed by atoms with Gasteiger partial charge in [-0.2, -0.15) is 0 Å². The summed E-state index contributed by atoms with van der Waals surface area (Å²) in [5, 5.41) is 9.54. The smallest absolute Gasteiger partial charge is 0.196 e. The second-order valence-corrected chi connectivity index (χ2v) is 11.2. The maximum Gasteiger partial charge on any atom is 0.196 e. The standard InChI is InChI=1S/C30H33N3OS/c1-7-22-12-14-23(15-13-22)27(34)21(3)35-29-32-31-28(33(29)26-11-9-8-10-20(26)2)24-16-18-25(19-17-24)30(4,5)6/h8-19,21H,7H2,1-6H3. The summed E-state index contributed by atoms with van der Waals surface area (Å²) in [6.45, 7) is 12.8. The molecule has 0 N–H and O–H groups in total. The molecule has 35 heavy (non-hydrogen) atoms. The molecular formula is C30H33N3OS. The number of carbonyl (C=O) groups is 1. The van der Waals surface area contributed by atoms with E-state index in [1.54, 1.807) is 0 Å². The van der Waals surface area contributed by atoms with E-state index in [0.29, 0.717) is 5.16 Å². The van der Waals surface area contributed by atoms with Crippen molar-refractivity contribution in [3.8, 4) is 17.1 Å². The molecule has 1 unspecified atom stereocenters. The number of Topliss-reactive ketones (excluding diaryl/α,β-unsaturated/α-hetero) is 1. The Balaban J connectivity index is 1.71. The molecule has 3 aromatic carbocycles. The highest BCUT2D eigenvalue weighted by Crippen LogP contribution is 2.33. The van der Waals surface area contributed by atoms with Crippen LogP contribution in [0.4, 0.5) is 0 Å². The highest BCUT2D eigenvalue weighted by atomic mass is 32.2. The Kier molecular flexibility index (Phi) is 7.27. The van der Waals surface area contributed by atoms with Crippen LogP contribution in [-0.4, -0.2) is 25.8 Å². The molecule has 0 saturated carbocycles. The number of rotatable bonds is 7. The summed E-state index contributed by atoms with van der Waals surface area (Å²) in [5.41, 5.74) is 6.43. The zero-order valence-electron chi connectivity index (χ0n) is 21.4. The molecule has 0 aliphatic heterocycles. The first kappa shape index (κ1) is 24.9. The first-order valence-electron chi connectivity index (χ1n) is 12.1. The number of benzene rings is 3. The van der Waals surface area contributed by atoms with E-state index in [1.165, 1.54) is 22.9 Å². The summed E-state index contributed by atoms with van der Waals surface area (Å²) in [6.07, 6.45) is 0.956. The Labute approximate surface area is 212 Å². The molecule has 1 aromatic heterocycles. The van der Waals surface area contributed by atoms with E-state index in [4.69, 9.17) is 0 Å². The van der Waals surface area contributed by atoms with Gasteiger partial charge in [-0.15, -0.1) is 10.2 Å². The summed E-state index contributed by atoms with van der Waals surface area (Å²) in [5.74, 6) is 0.863. The van der Waals surface area contributed by atoms with Crippen molar-refractivity contribution < 1.29 is 4.79 Å². The van der Waals surface area contributed by atoms with Crippen LogP contribution in [0.2, 0.25) is 0 Å². The summed E-state index contributed by atoms with van der Waals surface area (Å²) in [4.78, 5) is 13.2. The van der Waals surface area contributed by atoms with Crippen molar-refractivity contribution in [3.63, 3.8) is 0 Å². The largest absolute Gasteiger partial charge is 0.293 e. The second-order valence-electron chi connectivity index (χ2n) is 9.93. The Hall–Kier alpha value is -3.18. The predicted molar refractivity (Wildman–Crippen MR) is 146 cm³/mol. The molecule has 1 heterocycles. The zero-order chi connectivity index (χ0) is 25.2. The van der Waals surface area contributed by atoms with E-state index in [2.05, 4.69) is 85.8 Å². The lowest BCUT2D eigenvalue weighted by Crippen LogP contribution is -2.15. The molecule has 0 saturated heterocycles. The van der Waals surface area contributed by atoms with E-state index >= 15 is 0 Å². The number of hydrogen-bond donors (Lipinski definition) is 0. The molecule has 0 radical (unpaired) electrons. The average molecular weight is 484 g/mol. The van der Waals surface area contributed by atoms with Gasteiger partial charge in [-0.25, -0.2) is 0 Å². The van der Waals surface area contributed by atoms with Crippen LogP contribution in [0, 0.1) is 6.92 Å². The lowest BCUT2D eigenvalue weighted by Gasteiger charge is -2.19. The topological polar surface area (TPSA) is 47.8 Å². The number of aryl methyl sites for hydroxylation is 2. The summed E-state index contributed by atoms with van der Waals surface area (Å²) in [6, 6.07) is 24.6. The SMILES string of the molecule is CCc1ccc(C(=O)C(C)Sc2nnc(-c3ccc(C(C)(C)C)cc3)n2-c2ccccc2C)cc1. The van der Waals surface area contributed by atoms with Crippen molar-refractivity contribution in [3.05, 3.63) is 95.1 Å². The molecule has 1 atom stereocenters. The minimum atomic E-state index is -0.300. The number of thioether (sulfide) groups is 1. The summed E-state index contributed by atoms with van der Waals surface area (Å²) < 4.78 is 2.08. The van der Waals surface area contributed by atoms with Crippen LogP contribution in [0.5, 0.6) is 0 Å². The van der Waals surface area contributed by atoms with Crippen molar-refractivity contribution in [1.29, 1.82) is 0 Å². The van der Waals surface area contributed by atoms with Crippen molar-refractivity contribution in [1.82, 2.24) is 14.8 Å². The summed E-state index contributed by atoms with van der Waals surface area (Å²) in [7, 11) is 0. The van der Waals surface area contributed by atoms with Gasteiger partial charge in [-0.3, -0.25) is 9.36 Å². The lowest BCUT2D eigenvalue weighted by atomic mass is 9.87. The average Bonchev–Trinajstić information content (AvgIpc) is 3.26. The fourth-order valence-electron chi connectivity index (χ4n) is 4.04. The van der Waals surface area contributed by atoms with Crippen molar-refractivity contribution in [2.45, 2.75) is 63.8 Å². The number of carbonyl (C=O) groups excluding carboxylic acids is 1. The van der Waals surface area contributed by atoms with E-state index in [0.717, 1.165) is 34.6 Å². The molecule has 5 heteroatoms. The Morgan fingerprint density at radius 3 is 2.20 bits per heavy atom. The Bertz CT molecular complexity index is 1320. The third kappa shape index (κ3) is 5.40. The monoisotopic (exact) mass is 483 g/mol. The molecule has 0 fully saturated rings. The van der Waals surface area contributed by atoms with Crippen LogP contribution >= 0.6 is 11.8 Å². The minimum absolute atomic E-state index is 0.0777. The van der Waals surface area contributed by atoms with Crippen molar-refractivity contribution in [2.75, 3.05) is 0 Å². The Morgan fingerprint density at radius 1 is 0.943 bits per heavy atom. The van der Waals surface area contributed by atoms with Crippen LogP contribution < -0.4 is 0 Å². The van der Waals surface area contributed by atoms with Gasteiger partial charge in [0.25, 0.3) is 0 Å². The molecule has 180 valence electrons. The minimum Gasteiger partial charge on any atom is -0.293 e. The van der Waals surface area contributed by atoms with Gasteiger partial charge in [0.1, 0.15) is 0 Å². The first-order chi connectivity index (χ1) is 16.7. The molecule has 0 spiro atoms. The van der Waals surface area contributed by atoms with Crippen LogP contribution in [0.25, 0.3) is 17.1 Å². The molecule has 0 bridgehead atoms. The molecule has 4 rings (SSSR count). The highest BCUT2D eigenvalue weighted by Gasteiger charge is 2.24. The van der Waals surface area contributed by atoms with E-state index < -0.39 is 0 Å². The summed E-state index contributed by atoms with van der Waals surface area (Å²) >= 11 is 1.45. The third-order valence-electron chi connectivity index (χ3n) is 6.30. The van der Waals surface area contributed by atoms with E-state index in [-0.39, 0.29) is 16.4 Å².